The number of aromatic nitrogens is 2. The van der Waals surface area contributed by atoms with Gasteiger partial charge in [0, 0.05) is 29.9 Å². The van der Waals surface area contributed by atoms with Crippen molar-refractivity contribution in [2.75, 3.05) is 7.05 Å². The molecule has 0 aliphatic rings. The number of nitrogens with zero attached hydrogens (tertiary/aromatic N) is 2. The van der Waals surface area contributed by atoms with Gasteiger partial charge in [0.1, 0.15) is 5.82 Å². The predicted molar refractivity (Wildman–Crippen MR) is 70.1 cm³/mol. The average Bonchev–Trinajstić information content (AvgIpc) is 2.73. The number of rotatable bonds is 4. The van der Waals surface area contributed by atoms with Gasteiger partial charge in [-0.3, -0.25) is 4.68 Å². The molecule has 0 saturated carbocycles. The first-order valence-electron chi connectivity index (χ1n) is 5.70. The van der Waals surface area contributed by atoms with Crippen LogP contribution in [0, 0.1) is 5.82 Å². The van der Waals surface area contributed by atoms with Gasteiger partial charge in [-0.25, -0.2) is 4.39 Å². The van der Waals surface area contributed by atoms with Crippen LogP contribution in [0.15, 0.2) is 30.6 Å². The fraction of sp³-hybridized carbons (Fsp3) is 0.308. The van der Waals surface area contributed by atoms with E-state index in [1.165, 1.54) is 6.07 Å². The highest BCUT2D eigenvalue weighted by molar-refractivity contribution is 6.31. The lowest BCUT2D eigenvalue weighted by Crippen LogP contribution is -2.20. The first-order chi connectivity index (χ1) is 8.61. The second-order valence-electron chi connectivity index (χ2n) is 4.20. The van der Waals surface area contributed by atoms with Crippen LogP contribution in [0.2, 0.25) is 5.02 Å². The molecule has 96 valence electrons. The Hall–Kier alpha value is -1.39. The zero-order chi connectivity index (χ0) is 13.1. The number of likely N-dealkylation sites (N-methyl/N-ethyl adjacent to an activating group) is 1. The Kier molecular flexibility index (Phi) is 3.99. The summed E-state index contributed by atoms with van der Waals surface area (Å²) in [6, 6.07) is 4.57. The molecule has 0 aliphatic carbocycles. The van der Waals surface area contributed by atoms with E-state index < -0.39 is 0 Å². The molecule has 0 spiro atoms. The van der Waals surface area contributed by atoms with E-state index in [1.807, 2.05) is 13.2 Å². The Labute approximate surface area is 111 Å². The van der Waals surface area contributed by atoms with E-state index in [2.05, 4.69) is 10.4 Å². The van der Waals surface area contributed by atoms with Crippen molar-refractivity contribution in [3.63, 3.8) is 0 Å². The van der Waals surface area contributed by atoms with E-state index in [4.69, 9.17) is 11.6 Å². The summed E-state index contributed by atoms with van der Waals surface area (Å²) >= 11 is 6.07. The van der Waals surface area contributed by atoms with Gasteiger partial charge in [-0.2, -0.15) is 5.10 Å². The molecule has 0 amide bonds. The minimum absolute atomic E-state index is 0.164. The van der Waals surface area contributed by atoms with Crippen LogP contribution in [-0.4, -0.2) is 16.8 Å². The SMILES string of the molecule is CNC(Cc1cnn(C)c1)c1c(F)cccc1Cl. The molecule has 0 bridgehead atoms. The van der Waals surface area contributed by atoms with Gasteiger partial charge in [0.15, 0.2) is 0 Å². The topological polar surface area (TPSA) is 29.9 Å². The van der Waals surface area contributed by atoms with Crippen LogP contribution in [0.5, 0.6) is 0 Å². The third-order valence-electron chi connectivity index (χ3n) is 2.89. The lowest BCUT2D eigenvalue weighted by Gasteiger charge is -2.18. The summed E-state index contributed by atoms with van der Waals surface area (Å²) in [5.41, 5.74) is 1.54. The zero-order valence-corrected chi connectivity index (χ0v) is 11.1. The second kappa shape index (κ2) is 5.50. The standard InChI is InChI=1S/C13H15ClFN3/c1-16-12(6-9-7-17-18(2)8-9)13-10(14)4-3-5-11(13)15/h3-5,7-8,12,16H,6H2,1-2H3. The Bertz CT molecular complexity index is 519. The molecule has 3 nitrogen and oxygen atoms in total. The normalized spacial score (nSPS) is 12.7. The molecule has 0 fully saturated rings. The van der Waals surface area contributed by atoms with Gasteiger partial charge in [-0.15, -0.1) is 0 Å². The monoisotopic (exact) mass is 267 g/mol. The average molecular weight is 268 g/mol. The summed E-state index contributed by atoms with van der Waals surface area (Å²) in [7, 11) is 3.65. The highest BCUT2D eigenvalue weighted by Crippen LogP contribution is 2.27. The molecule has 0 radical (unpaired) electrons. The van der Waals surface area contributed by atoms with Crippen LogP contribution in [0.4, 0.5) is 4.39 Å². The fourth-order valence-corrected chi connectivity index (χ4v) is 2.30. The summed E-state index contributed by atoms with van der Waals surface area (Å²) in [5.74, 6) is -0.286. The first kappa shape index (κ1) is 13.1. The molecule has 1 heterocycles. The van der Waals surface area contributed by atoms with Gasteiger partial charge in [0.25, 0.3) is 0 Å². The van der Waals surface area contributed by atoms with Crippen LogP contribution in [0.1, 0.15) is 17.2 Å². The molecular formula is C13H15ClFN3. The van der Waals surface area contributed by atoms with Crippen molar-refractivity contribution in [3.8, 4) is 0 Å². The quantitative estimate of drug-likeness (QED) is 0.923. The van der Waals surface area contributed by atoms with Crippen molar-refractivity contribution >= 4 is 11.6 Å². The maximum atomic E-state index is 13.9. The van der Waals surface area contributed by atoms with Crippen LogP contribution in [-0.2, 0) is 13.5 Å². The first-order valence-corrected chi connectivity index (χ1v) is 6.08. The third kappa shape index (κ3) is 2.71. The number of aryl methyl sites for hydroxylation is 1. The molecule has 5 heteroatoms. The molecule has 0 saturated heterocycles. The van der Waals surface area contributed by atoms with Crippen molar-refractivity contribution in [1.82, 2.24) is 15.1 Å². The van der Waals surface area contributed by atoms with E-state index in [9.17, 15) is 4.39 Å². The highest BCUT2D eigenvalue weighted by Gasteiger charge is 2.18. The largest absolute Gasteiger partial charge is 0.313 e. The van der Waals surface area contributed by atoms with Crippen molar-refractivity contribution in [2.24, 2.45) is 7.05 Å². The van der Waals surface area contributed by atoms with Gasteiger partial charge < -0.3 is 5.32 Å². The number of hydrogen-bond acceptors (Lipinski definition) is 2. The van der Waals surface area contributed by atoms with E-state index in [0.29, 0.717) is 17.0 Å². The number of halogens is 2. The van der Waals surface area contributed by atoms with E-state index in [0.717, 1.165) is 5.56 Å². The second-order valence-corrected chi connectivity index (χ2v) is 4.61. The molecule has 18 heavy (non-hydrogen) atoms. The summed E-state index contributed by atoms with van der Waals surface area (Å²) in [6.07, 6.45) is 4.34. The van der Waals surface area contributed by atoms with Crippen molar-refractivity contribution in [3.05, 3.63) is 52.6 Å². The number of hydrogen-bond donors (Lipinski definition) is 1. The van der Waals surface area contributed by atoms with Gasteiger partial charge in [-0.1, -0.05) is 17.7 Å². The van der Waals surface area contributed by atoms with Gasteiger partial charge >= 0.3 is 0 Å². The van der Waals surface area contributed by atoms with Crippen molar-refractivity contribution in [1.29, 1.82) is 0 Å². The van der Waals surface area contributed by atoms with E-state index in [-0.39, 0.29) is 11.9 Å². The molecule has 0 aliphatic heterocycles. The highest BCUT2D eigenvalue weighted by atomic mass is 35.5. The summed E-state index contributed by atoms with van der Waals surface area (Å²) in [6.45, 7) is 0. The van der Waals surface area contributed by atoms with Crippen molar-refractivity contribution < 1.29 is 4.39 Å². The molecule has 1 atom stereocenters. The zero-order valence-electron chi connectivity index (χ0n) is 10.3. The minimum Gasteiger partial charge on any atom is -0.313 e. The fourth-order valence-electron chi connectivity index (χ4n) is 2.01. The molecule has 1 unspecified atom stereocenters. The molecule has 1 aromatic carbocycles. The smallest absolute Gasteiger partial charge is 0.129 e. The maximum Gasteiger partial charge on any atom is 0.129 e. The van der Waals surface area contributed by atoms with Crippen LogP contribution in [0.25, 0.3) is 0 Å². The van der Waals surface area contributed by atoms with E-state index in [1.54, 1.807) is 30.1 Å². The molecular weight excluding hydrogens is 253 g/mol. The maximum absolute atomic E-state index is 13.9. The van der Waals surface area contributed by atoms with E-state index >= 15 is 0 Å². The van der Waals surface area contributed by atoms with Crippen molar-refractivity contribution in [2.45, 2.75) is 12.5 Å². The lowest BCUT2D eigenvalue weighted by molar-refractivity contribution is 0.534. The minimum atomic E-state index is -0.286. The lowest BCUT2D eigenvalue weighted by atomic mass is 10.0. The molecule has 1 N–H and O–H groups in total. The van der Waals surface area contributed by atoms with Crippen LogP contribution >= 0.6 is 11.6 Å². The number of benzene rings is 1. The predicted octanol–water partition coefficient (Wildman–Crippen LogP) is 2.72. The summed E-state index contributed by atoms with van der Waals surface area (Å²) < 4.78 is 15.6. The Morgan fingerprint density at radius 3 is 2.83 bits per heavy atom. The van der Waals surface area contributed by atoms with Gasteiger partial charge in [-0.05, 0) is 31.2 Å². The Morgan fingerprint density at radius 1 is 1.50 bits per heavy atom. The molecule has 1 aromatic heterocycles. The third-order valence-corrected chi connectivity index (χ3v) is 3.22. The van der Waals surface area contributed by atoms with Crippen LogP contribution in [0.3, 0.4) is 0 Å². The molecule has 2 rings (SSSR count). The van der Waals surface area contributed by atoms with Gasteiger partial charge in [0.2, 0.25) is 0 Å². The number of nitrogens with one attached hydrogen (secondary N) is 1. The van der Waals surface area contributed by atoms with Crippen LogP contribution < -0.4 is 5.32 Å². The van der Waals surface area contributed by atoms with Gasteiger partial charge in [0.05, 0.1) is 6.20 Å². The summed E-state index contributed by atoms with van der Waals surface area (Å²) in [4.78, 5) is 0. The Morgan fingerprint density at radius 2 is 2.28 bits per heavy atom. The Balaban J connectivity index is 2.28. The molecule has 2 aromatic rings. The summed E-state index contributed by atoms with van der Waals surface area (Å²) in [5, 5.41) is 7.64.